The fourth-order valence-corrected chi connectivity index (χ4v) is 3.05. The molecule has 1 saturated heterocycles. The Labute approximate surface area is 142 Å². The van der Waals surface area contributed by atoms with E-state index in [0.717, 1.165) is 17.1 Å². The predicted molar refractivity (Wildman–Crippen MR) is 90.6 cm³/mol. The zero-order valence-electron chi connectivity index (χ0n) is 14.4. The summed E-state index contributed by atoms with van der Waals surface area (Å²) >= 11 is 0. The number of hydrogen-bond acceptors (Lipinski definition) is 4. The lowest BCUT2D eigenvalue weighted by Crippen LogP contribution is -2.50. The van der Waals surface area contributed by atoms with Crippen LogP contribution in [0.2, 0.25) is 0 Å². The Morgan fingerprint density at radius 1 is 1.33 bits per heavy atom. The van der Waals surface area contributed by atoms with Gasteiger partial charge in [0.25, 0.3) is 5.91 Å². The molecule has 0 aliphatic carbocycles. The Hall–Kier alpha value is -2.18. The molecule has 6 nitrogen and oxygen atoms in total. The van der Waals surface area contributed by atoms with E-state index in [2.05, 4.69) is 5.10 Å². The van der Waals surface area contributed by atoms with Crippen molar-refractivity contribution < 1.29 is 14.3 Å². The van der Waals surface area contributed by atoms with Crippen molar-refractivity contribution in [2.75, 3.05) is 33.5 Å². The molecule has 1 atom stereocenters. The molecule has 0 saturated carbocycles. The van der Waals surface area contributed by atoms with E-state index in [0.29, 0.717) is 31.9 Å². The topological polar surface area (TPSA) is 56.6 Å². The minimum atomic E-state index is -0.0352. The van der Waals surface area contributed by atoms with Crippen LogP contribution in [0.5, 0.6) is 0 Å². The van der Waals surface area contributed by atoms with Gasteiger partial charge < -0.3 is 14.4 Å². The first kappa shape index (κ1) is 16.7. The standard InChI is InChI=1S/C18H23N3O3/c1-13-10-14(2)21(19-13)16-6-4-15(5-7-16)18(22)20-8-9-24-12-17(20)11-23-3/h4-7,10,17H,8-9,11-12H2,1-3H3. The summed E-state index contributed by atoms with van der Waals surface area (Å²) in [6.07, 6.45) is 0. The molecule has 1 aliphatic heterocycles. The van der Waals surface area contributed by atoms with E-state index in [4.69, 9.17) is 9.47 Å². The smallest absolute Gasteiger partial charge is 0.254 e. The highest BCUT2D eigenvalue weighted by atomic mass is 16.5. The fourth-order valence-electron chi connectivity index (χ4n) is 3.05. The molecule has 0 spiro atoms. The molecule has 1 amide bonds. The van der Waals surface area contributed by atoms with Crippen molar-refractivity contribution in [3.63, 3.8) is 0 Å². The molecule has 0 bridgehead atoms. The number of morpholine rings is 1. The van der Waals surface area contributed by atoms with Crippen molar-refractivity contribution in [3.05, 3.63) is 47.3 Å². The lowest BCUT2D eigenvalue weighted by atomic mass is 10.1. The second-order valence-corrected chi connectivity index (χ2v) is 6.07. The maximum absolute atomic E-state index is 12.8. The van der Waals surface area contributed by atoms with Crippen molar-refractivity contribution in [3.8, 4) is 5.69 Å². The van der Waals surface area contributed by atoms with Crippen LogP contribution < -0.4 is 0 Å². The van der Waals surface area contributed by atoms with Gasteiger partial charge >= 0.3 is 0 Å². The van der Waals surface area contributed by atoms with Gasteiger partial charge in [-0.25, -0.2) is 4.68 Å². The highest BCUT2D eigenvalue weighted by Crippen LogP contribution is 2.16. The molecular weight excluding hydrogens is 306 g/mol. The van der Waals surface area contributed by atoms with E-state index in [-0.39, 0.29) is 11.9 Å². The van der Waals surface area contributed by atoms with Gasteiger partial charge in [0.2, 0.25) is 0 Å². The maximum Gasteiger partial charge on any atom is 0.254 e. The zero-order chi connectivity index (χ0) is 17.1. The number of hydrogen-bond donors (Lipinski definition) is 0. The average Bonchev–Trinajstić information content (AvgIpc) is 2.93. The summed E-state index contributed by atoms with van der Waals surface area (Å²) < 4.78 is 12.5. The Morgan fingerprint density at radius 2 is 2.08 bits per heavy atom. The molecule has 0 radical (unpaired) electrons. The number of ether oxygens (including phenoxy) is 2. The zero-order valence-corrected chi connectivity index (χ0v) is 14.4. The van der Waals surface area contributed by atoms with Crippen LogP contribution in [-0.2, 0) is 9.47 Å². The quantitative estimate of drug-likeness (QED) is 0.861. The van der Waals surface area contributed by atoms with Gasteiger partial charge in [0.05, 0.1) is 37.2 Å². The lowest BCUT2D eigenvalue weighted by Gasteiger charge is -2.35. The van der Waals surface area contributed by atoms with Gasteiger partial charge in [-0.2, -0.15) is 5.10 Å². The van der Waals surface area contributed by atoms with Crippen LogP contribution in [0.3, 0.4) is 0 Å². The number of benzene rings is 1. The first-order valence-electron chi connectivity index (χ1n) is 8.11. The van der Waals surface area contributed by atoms with Crippen LogP contribution >= 0.6 is 0 Å². The van der Waals surface area contributed by atoms with Crippen LogP contribution in [0.25, 0.3) is 5.69 Å². The van der Waals surface area contributed by atoms with Gasteiger partial charge in [0, 0.05) is 24.9 Å². The summed E-state index contributed by atoms with van der Waals surface area (Å²) in [6, 6.07) is 9.56. The second kappa shape index (κ2) is 7.15. The molecule has 24 heavy (non-hydrogen) atoms. The molecular formula is C18H23N3O3. The Morgan fingerprint density at radius 3 is 2.71 bits per heavy atom. The number of aryl methyl sites for hydroxylation is 2. The number of aromatic nitrogens is 2. The van der Waals surface area contributed by atoms with Crippen LogP contribution in [0, 0.1) is 13.8 Å². The lowest BCUT2D eigenvalue weighted by molar-refractivity contribution is -0.0251. The third-order valence-electron chi connectivity index (χ3n) is 4.22. The third kappa shape index (κ3) is 3.34. The number of amides is 1. The number of carbonyl (C=O) groups excluding carboxylic acids is 1. The minimum Gasteiger partial charge on any atom is -0.382 e. The molecule has 2 aromatic rings. The first-order valence-corrected chi connectivity index (χ1v) is 8.11. The number of rotatable bonds is 4. The molecule has 1 aromatic heterocycles. The largest absolute Gasteiger partial charge is 0.382 e. The van der Waals surface area contributed by atoms with Crippen molar-refractivity contribution in [1.29, 1.82) is 0 Å². The molecule has 1 aromatic carbocycles. The van der Waals surface area contributed by atoms with Crippen LogP contribution in [-0.4, -0.2) is 60.1 Å². The van der Waals surface area contributed by atoms with Crippen LogP contribution in [0.15, 0.2) is 30.3 Å². The molecule has 0 N–H and O–H groups in total. The van der Waals surface area contributed by atoms with Crippen LogP contribution in [0.4, 0.5) is 0 Å². The summed E-state index contributed by atoms with van der Waals surface area (Å²) in [4.78, 5) is 14.6. The fraction of sp³-hybridized carbons (Fsp3) is 0.444. The Kier molecular flexibility index (Phi) is 4.97. The van der Waals surface area contributed by atoms with Crippen molar-refractivity contribution in [2.24, 2.45) is 0 Å². The van der Waals surface area contributed by atoms with E-state index in [9.17, 15) is 4.79 Å². The molecule has 3 rings (SSSR count). The average molecular weight is 329 g/mol. The number of nitrogens with zero attached hydrogens (tertiary/aromatic N) is 3. The van der Waals surface area contributed by atoms with E-state index in [1.807, 2.05) is 53.8 Å². The SMILES string of the molecule is COCC1COCCN1C(=O)c1ccc(-n2nc(C)cc2C)cc1. The van der Waals surface area contributed by atoms with Crippen molar-refractivity contribution in [1.82, 2.24) is 14.7 Å². The van der Waals surface area contributed by atoms with Gasteiger partial charge in [0.15, 0.2) is 0 Å². The summed E-state index contributed by atoms with van der Waals surface area (Å²) in [5, 5.41) is 4.47. The van der Waals surface area contributed by atoms with Crippen molar-refractivity contribution in [2.45, 2.75) is 19.9 Å². The monoisotopic (exact) mass is 329 g/mol. The molecule has 1 aliphatic rings. The van der Waals surface area contributed by atoms with Gasteiger partial charge in [-0.05, 0) is 44.2 Å². The number of methoxy groups -OCH3 is 1. The Balaban J connectivity index is 1.79. The van der Waals surface area contributed by atoms with E-state index in [1.165, 1.54) is 0 Å². The first-order chi connectivity index (χ1) is 11.6. The second-order valence-electron chi connectivity index (χ2n) is 6.07. The van der Waals surface area contributed by atoms with Gasteiger partial charge in [0.1, 0.15) is 0 Å². The number of carbonyl (C=O) groups is 1. The molecule has 6 heteroatoms. The van der Waals surface area contributed by atoms with E-state index in [1.54, 1.807) is 7.11 Å². The molecule has 128 valence electrons. The molecule has 2 heterocycles. The summed E-state index contributed by atoms with van der Waals surface area (Å²) in [7, 11) is 1.64. The van der Waals surface area contributed by atoms with Gasteiger partial charge in [-0.1, -0.05) is 0 Å². The summed E-state index contributed by atoms with van der Waals surface area (Å²) in [6.45, 7) is 6.14. The molecule has 1 unspecified atom stereocenters. The van der Waals surface area contributed by atoms with Crippen LogP contribution in [0.1, 0.15) is 21.7 Å². The van der Waals surface area contributed by atoms with E-state index >= 15 is 0 Å². The summed E-state index contributed by atoms with van der Waals surface area (Å²) in [5.41, 5.74) is 3.67. The highest BCUT2D eigenvalue weighted by molar-refractivity contribution is 5.94. The Bertz CT molecular complexity index is 707. The normalized spacial score (nSPS) is 18.0. The predicted octanol–water partition coefficient (Wildman–Crippen LogP) is 1.98. The van der Waals surface area contributed by atoms with Gasteiger partial charge in [-0.15, -0.1) is 0 Å². The third-order valence-corrected chi connectivity index (χ3v) is 4.22. The maximum atomic E-state index is 12.8. The molecule has 1 fully saturated rings. The van der Waals surface area contributed by atoms with Gasteiger partial charge in [-0.3, -0.25) is 4.79 Å². The van der Waals surface area contributed by atoms with Crippen molar-refractivity contribution >= 4 is 5.91 Å². The minimum absolute atomic E-state index is 0.0141. The highest BCUT2D eigenvalue weighted by Gasteiger charge is 2.28. The summed E-state index contributed by atoms with van der Waals surface area (Å²) in [5.74, 6) is 0.0141. The van der Waals surface area contributed by atoms with E-state index < -0.39 is 0 Å².